The van der Waals surface area contributed by atoms with Crippen LogP contribution in [0.15, 0.2) is 72.6 Å². The molecule has 0 saturated carbocycles. The van der Waals surface area contributed by atoms with Crippen LogP contribution in [0.5, 0.6) is 5.75 Å². The van der Waals surface area contributed by atoms with Crippen LogP contribution in [0.4, 0.5) is 17.1 Å². The van der Waals surface area contributed by atoms with Gasteiger partial charge in [0.1, 0.15) is 18.1 Å². The van der Waals surface area contributed by atoms with Gasteiger partial charge in [0.2, 0.25) is 0 Å². The summed E-state index contributed by atoms with van der Waals surface area (Å²) in [6.45, 7) is 3.32. The molecule has 38 heavy (non-hydrogen) atoms. The lowest BCUT2D eigenvalue weighted by atomic mass is 9.95. The van der Waals surface area contributed by atoms with E-state index in [-0.39, 0.29) is 11.3 Å². The van der Waals surface area contributed by atoms with Gasteiger partial charge in [-0.3, -0.25) is 19.5 Å². The molecule has 0 bridgehead atoms. The second-order valence-electron chi connectivity index (χ2n) is 9.97. The molecule has 1 N–H and O–H groups in total. The lowest BCUT2D eigenvalue weighted by molar-refractivity contribution is -0.132. The average molecular weight is 511 g/mol. The number of pyridine rings is 1. The summed E-state index contributed by atoms with van der Waals surface area (Å²) in [7, 11) is 1.95. The molecule has 8 nitrogen and oxygen atoms in total. The SMILES string of the molecule is CN1CCOc2ccc(/C(O)=C3/C(=O)C(=O)N(c4ccc(N5CCCCC5)cc4)C3c3cccnc3)cc21. The molecule has 1 aromatic heterocycles. The zero-order chi connectivity index (χ0) is 26.2. The number of aromatic nitrogens is 1. The molecule has 1 amide bonds. The van der Waals surface area contributed by atoms with Gasteiger partial charge in [-0.1, -0.05) is 6.07 Å². The van der Waals surface area contributed by atoms with E-state index in [2.05, 4.69) is 9.88 Å². The summed E-state index contributed by atoms with van der Waals surface area (Å²) in [5.41, 5.74) is 3.66. The fourth-order valence-electron chi connectivity index (χ4n) is 5.58. The third-order valence-electron chi connectivity index (χ3n) is 7.62. The molecule has 3 aliphatic rings. The molecule has 1 unspecified atom stereocenters. The number of aliphatic hydroxyl groups excluding tert-OH is 1. The summed E-state index contributed by atoms with van der Waals surface area (Å²) in [5, 5.41) is 11.5. The molecule has 3 aliphatic heterocycles. The minimum absolute atomic E-state index is 0.0439. The number of likely N-dealkylation sites (N-methyl/N-ethyl adjacent to an activating group) is 1. The predicted molar refractivity (Wildman–Crippen MR) is 147 cm³/mol. The Kier molecular flexibility index (Phi) is 6.23. The summed E-state index contributed by atoms with van der Waals surface area (Å²) in [5.74, 6) is -0.900. The summed E-state index contributed by atoms with van der Waals surface area (Å²) < 4.78 is 5.73. The Morgan fingerprint density at radius 3 is 2.47 bits per heavy atom. The molecule has 2 aromatic carbocycles. The third kappa shape index (κ3) is 4.16. The molecule has 0 aliphatic carbocycles. The first-order valence-corrected chi connectivity index (χ1v) is 13.1. The van der Waals surface area contributed by atoms with Crippen LogP contribution >= 0.6 is 0 Å². The molecule has 2 fully saturated rings. The summed E-state index contributed by atoms with van der Waals surface area (Å²) in [6.07, 6.45) is 6.86. The van der Waals surface area contributed by atoms with E-state index in [9.17, 15) is 14.7 Å². The van der Waals surface area contributed by atoms with Crippen molar-refractivity contribution in [1.82, 2.24) is 4.98 Å². The van der Waals surface area contributed by atoms with Crippen molar-refractivity contribution in [2.24, 2.45) is 0 Å². The topological polar surface area (TPSA) is 86.2 Å². The zero-order valence-corrected chi connectivity index (χ0v) is 21.3. The van der Waals surface area contributed by atoms with Gasteiger partial charge in [0, 0.05) is 49.5 Å². The Morgan fingerprint density at radius 1 is 0.974 bits per heavy atom. The summed E-state index contributed by atoms with van der Waals surface area (Å²) in [6, 6.07) is 15.8. The number of amides is 1. The molecule has 0 spiro atoms. The summed E-state index contributed by atoms with van der Waals surface area (Å²) in [4.78, 5) is 37.0. The normalized spacial score (nSPS) is 20.9. The highest BCUT2D eigenvalue weighted by molar-refractivity contribution is 6.51. The maximum Gasteiger partial charge on any atom is 0.300 e. The molecule has 1 atom stereocenters. The monoisotopic (exact) mass is 510 g/mol. The predicted octanol–water partition coefficient (Wildman–Crippen LogP) is 4.53. The van der Waals surface area contributed by atoms with Gasteiger partial charge >= 0.3 is 0 Å². The minimum Gasteiger partial charge on any atom is -0.507 e. The Labute approximate surface area is 221 Å². The van der Waals surface area contributed by atoms with Crippen LogP contribution in [0.3, 0.4) is 0 Å². The first kappa shape index (κ1) is 24.0. The number of fused-ring (bicyclic) bond motifs is 1. The van der Waals surface area contributed by atoms with Crippen LogP contribution in [-0.4, -0.2) is 55.1 Å². The van der Waals surface area contributed by atoms with Crippen molar-refractivity contribution in [1.29, 1.82) is 0 Å². The lowest BCUT2D eigenvalue weighted by Crippen LogP contribution is -2.30. The van der Waals surface area contributed by atoms with E-state index in [4.69, 9.17) is 4.74 Å². The van der Waals surface area contributed by atoms with E-state index in [1.807, 2.05) is 42.3 Å². The number of nitrogens with zero attached hydrogens (tertiary/aromatic N) is 4. The molecular formula is C30H30N4O4. The lowest BCUT2D eigenvalue weighted by Gasteiger charge is -2.30. The van der Waals surface area contributed by atoms with Crippen molar-refractivity contribution in [3.63, 3.8) is 0 Å². The van der Waals surface area contributed by atoms with Crippen molar-refractivity contribution in [2.45, 2.75) is 25.3 Å². The quantitative estimate of drug-likeness (QED) is 0.314. The minimum atomic E-state index is -0.811. The Hall–Kier alpha value is -4.33. The van der Waals surface area contributed by atoms with Crippen LogP contribution in [0.25, 0.3) is 5.76 Å². The number of benzene rings is 2. The van der Waals surface area contributed by atoms with Gasteiger partial charge in [0.05, 0.1) is 23.8 Å². The number of ketones is 1. The number of carbonyl (C=O) groups excluding carboxylic acids is 2. The first-order chi connectivity index (χ1) is 18.5. The van der Waals surface area contributed by atoms with Gasteiger partial charge < -0.3 is 19.6 Å². The van der Waals surface area contributed by atoms with Crippen LogP contribution in [0.2, 0.25) is 0 Å². The van der Waals surface area contributed by atoms with E-state index in [0.717, 1.165) is 24.5 Å². The number of hydrogen-bond acceptors (Lipinski definition) is 7. The molecule has 3 aromatic rings. The Bertz CT molecular complexity index is 1400. The number of ether oxygens (including phenoxy) is 1. The number of aliphatic hydroxyl groups is 1. The zero-order valence-electron chi connectivity index (χ0n) is 21.3. The Morgan fingerprint density at radius 2 is 1.74 bits per heavy atom. The highest BCUT2D eigenvalue weighted by atomic mass is 16.5. The van der Waals surface area contributed by atoms with E-state index < -0.39 is 17.7 Å². The first-order valence-electron chi connectivity index (χ1n) is 13.1. The molecule has 4 heterocycles. The number of anilines is 3. The fourth-order valence-corrected chi connectivity index (χ4v) is 5.58. The van der Waals surface area contributed by atoms with E-state index in [0.29, 0.717) is 35.7 Å². The second kappa shape index (κ2) is 9.85. The van der Waals surface area contributed by atoms with E-state index >= 15 is 0 Å². The average Bonchev–Trinajstić information content (AvgIpc) is 3.23. The number of Topliss-reactive ketones (excluding diaryl/α,β-unsaturated/α-hetero) is 1. The van der Waals surface area contributed by atoms with Gasteiger partial charge in [-0.05, 0) is 73.4 Å². The van der Waals surface area contributed by atoms with Gasteiger partial charge in [0.15, 0.2) is 0 Å². The molecule has 0 radical (unpaired) electrons. The Balaban J connectivity index is 1.43. The second-order valence-corrected chi connectivity index (χ2v) is 9.97. The summed E-state index contributed by atoms with van der Waals surface area (Å²) >= 11 is 0. The fraction of sp³-hybridized carbons (Fsp3) is 0.300. The number of carbonyl (C=O) groups is 2. The van der Waals surface area contributed by atoms with Crippen LogP contribution < -0.4 is 19.4 Å². The van der Waals surface area contributed by atoms with Gasteiger partial charge in [-0.15, -0.1) is 0 Å². The number of piperidine rings is 1. The highest BCUT2D eigenvalue weighted by Gasteiger charge is 2.47. The van der Waals surface area contributed by atoms with Gasteiger partial charge in [-0.25, -0.2) is 0 Å². The maximum atomic E-state index is 13.5. The maximum absolute atomic E-state index is 13.5. The van der Waals surface area contributed by atoms with Crippen molar-refractivity contribution >= 4 is 34.5 Å². The van der Waals surface area contributed by atoms with Gasteiger partial charge in [0.25, 0.3) is 11.7 Å². The van der Waals surface area contributed by atoms with Crippen LogP contribution in [-0.2, 0) is 9.59 Å². The highest BCUT2D eigenvalue weighted by Crippen LogP contribution is 2.43. The molecule has 8 heteroatoms. The standard InChI is InChI=1S/C30H30N4O4/c1-32-16-17-38-25-12-7-20(18-24(25)32)28(35)26-27(21-6-5-13-31-19-21)34(30(37)29(26)36)23-10-8-22(9-11-23)33-14-3-2-4-15-33/h5-13,18-19,27,35H,2-4,14-17H2,1H3/b28-26-. The largest absolute Gasteiger partial charge is 0.507 e. The van der Waals surface area contributed by atoms with Crippen molar-refractivity contribution in [3.05, 3.63) is 83.7 Å². The third-order valence-corrected chi connectivity index (χ3v) is 7.62. The molecule has 2 saturated heterocycles. The number of hydrogen-bond donors (Lipinski definition) is 1. The van der Waals surface area contributed by atoms with Gasteiger partial charge in [-0.2, -0.15) is 0 Å². The van der Waals surface area contributed by atoms with Crippen LogP contribution in [0, 0.1) is 0 Å². The molecule has 194 valence electrons. The van der Waals surface area contributed by atoms with E-state index in [1.165, 1.54) is 24.2 Å². The smallest absolute Gasteiger partial charge is 0.300 e. The van der Waals surface area contributed by atoms with Crippen molar-refractivity contribution in [3.8, 4) is 5.75 Å². The van der Waals surface area contributed by atoms with Crippen molar-refractivity contribution < 1.29 is 19.4 Å². The molecular weight excluding hydrogens is 480 g/mol. The number of rotatable bonds is 4. The van der Waals surface area contributed by atoms with Crippen molar-refractivity contribution in [2.75, 3.05) is 48.0 Å². The van der Waals surface area contributed by atoms with E-state index in [1.54, 1.807) is 36.7 Å². The van der Waals surface area contributed by atoms with Crippen LogP contribution in [0.1, 0.15) is 36.4 Å². The molecule has 6 rings (SSSR count).